The highest BCUT2D eigenvalue weighted by Crippen LogP contribution is 2.33. The van der Waals surface area contributed by atoms with Gasteiger partial charge in [-0.25, -0.2) is 0 Å². The fraction of sp³-hybridized carbons (Fsp3) is 0.158. The number of pyridine rings is 1. The van der Waals surface area contributed by atoms with E-state index in [1.165, 1.54) is 6.07 Å². The van der Waals surface area contributed by atoms with Crippen LogP contribution in [-0.4, -0.2) is 4.57 Å². The normalized spacial score (nSPS) is 11.3. The van der Waals surface area contributed by atoms with E-state index in [0.717, 1.165) is 10.6 Å². The summed E-state index contributed by atoms with van der Waals surface area (Å²) in [6.45, 7) is 1.64. The second-order valence-corrected chi connectivity index (χ2v) is 5.70. The number of alkyl halides is 3. The number of nitriles is 1. The van der Waals surface area contributed by atoms with E-state index in [4.69, 9.17) is 9.68 Å². The Labute approximate surface area is 146 Å². The van der Waals surface area contributed by atoms with Crippen LogP contribution in [0.3, 0.4) is 0 Å². The standard InChI is InChI=1S/C19H13F3N2O2/c1-12-7-8-14(26-12)11-24-17(13-5-3-2-4-6-13)9-16(19(20,21)22)15(10-23)18(24)25/h2-9H,11H2,1H3. The lowest BCUT2D eigenvalue weighted by Gasteiger charge is -2.17. The number of benzene rings is 1. The Balaban J connectivity index is 2.30. The average molecular weight is 358 g/mol. The fourth-order valence-electron chi connectivity index (χ4n) is 2.71. The number of aryl methyl sites for hydroxylation is 1. The van der Waals surface area contributed by atoms with Crippen molar-refractivity contribution in [1.82, 2.24) is 4.57 Å². The zero-order chi connectivity index (χ0) is 18.9. The average Bonchev–Trinajstić information content (AvgIpc) is 3.01. The molecule has 3 rings (SSSR count). The molecule has 0 N–H and O–H groups in total. The highest BCUT2D eigenvalue weighted by Gasteiger charge is 2.36. The molecule has 132 valence electrons. The number of rotatable bonds is 3. The Hall–Kier alpha value is -3.27. The third-order valence-electron chi connectivity index (χ3n) is 3.90. The predicted octanol–water partition coefficient (Wildman–Crippen LogP) is 4.36. The Morgan fingerprint density at radius 3 is 2.38 bits per heavy atom. The van der Waals surface area contributed by atoms with E-state index in [0.29, 0.717) is 17.1 Å². The summed E-state index contributed by atoms with van der Waals surface area (Å²) in [5.74, 6) is 1.02. The Kier molecular flexibility index (Phi) is 4.43. The molecule has 26 heavy (non-hydrogen) atoms. The lowest BCUT2D eigenvalue weighted by molar-refractivity contribution is -0.137. The quantitative estimate of drug-likeness (QED) is 0.699. The second-order valence-electron chi connectivity index (χ2n) is 5.70. The van der Waals surface area contributed by atoms with E-state index in [1.54, 1.807) is 49.4 Å². The zero-order valence-electron chi connectivity index (χ0n) is 13.7. The van der Waals surface area contributed by atoms with Crippen LogP contribution in [0, 0.1) is 18.3 Å². The third-order valence-corrected chi connectivity index (χ3v) is 3.90. The molecule has 0 spiro atoms. The van der Waals surface area contributed by atoms with Gasteiger partial charge in [-0.2, -0.15) is 18.4 Å². The Morgan fingerprint density at radius 1 is 1.15 bits per heavy atom. The van der Waals surface area contributed by atoms with Crippen molar-refractivity contribution in [1.29, 1.82) is 5.26 Å². The van der Waals surface area contributed by atoms with Crippen molar-refractivity contribution < 1.29 is 17.6 Å². The Bertz CT molecular complexity index is 1040. The first-order valence-electron chi connectivity index (χ1n) is 7.67. The van der Waals surface area contributed by atoms with Crippen LogP contribution >= 0.6 is 0 Å². The van der Waals surface area contributed by atoms with Crippen LogP contribution in [0.5, 0.6) is 0 Å². The molecule has 0 aliphatic heterocycles. The Morgan fingerprint density at radius 2 is 1.85 bits per heavy atom. The summed E-state index contributed by atoms with van der Waals surface area (Å²) in [4.78, 5) is 12.7. The summed E-state index contributed by atoms with van der Waals surface area (Å²) >= 11 is 0. The summed E-state index contributed by atoms with van der Waals surface area (Å²) in [7, 11) is 0. The molecule has 1 aromatic carbocycles. The SMILES string of the molecule is Cc1ccc(Cn2c(-c3ccccc3)cc(C(F)(F)F)c(C#N)c2=O)o1. The number of hydrogen-bond donors (Lipinski definition) is 0. The minimum atomic E-state index is -4.81. The molecule has 0 aliphatic carbocycles. The fourth-order valence-corrected chi connectivity index (χ4v) is 2.71. The predicted molar refractivity (Wildman–Crippen MR) is 88.4 cm³/mol. The zero-order valence-corrected chi connectivity index (χ0v) is 13.7. The van der Waals surface area contributed by atoms with Gasteiger partial charge in [0.15, 0.2) is 0 Å². The maximum Gasteiger partial charge on any atom is 0.417 e. The maximum atomic E-state index is 13.4. The van der Waals surface area contributed by atoms with Gasteiger partial charge in [-0.05, 0) is 30.7 Å². The number of halogens is 3. The van der Waals surface area contributed by atoms with E-state index in [9.17, 15) is 18.0 Å². The van der Waals surface area contributed by atoms with Crippen molar-refractivity contribution >= 4 is 0 Å². The molecule has 7 heteroatoms. The molecule has 2 aromatic heterocycles. The summed E-state index contributed by atoms with van der Waals surface area (Å²) in [5.41, 5.74) is -2.68. The van der Waals surface area contributed by atoms with Crippen molar-refractivity contribution in [2.45, 2.75) is 19.6 Å². The first-order valence-corrected chi connectivity index (χ1v) is 7.67. The third kappa shape index (κ3) is 3.26. The van der Waals surface area contributed by atoms with Crippen LogP contribution in [0.2, 0.25) is 0 Å². The molecule has 0 unspecified atom stereocenters. The van der Waals surface area contributed by atoms with Crippen LogP contribution in [0.1, 0.15) is 22.6 Å². The molecule has 0 saturated carbocycles. The molecule has 0 saturated heterocycles. The van der Waals surface area contributed by atoms with E-state index in [-0.39, 0.29) is 12.2 Å². The molecule has 0 amide bonds. The summed E-state index contributed by atoms with van der Waals surface area (Å²) < 4.78 is 46.6. The van der Waals surface area contributed by atoms with Crippen LogP contribution in [-0.2, 0) is 12.7 Å². The van der Waals surface area contributed by atoms with Gasteiger partial charge in [-0.15, -0.1) is 0 Å². The van der Waals surface area contributed by atoms with Crippen molar-refractivity contribution in [2.24, 2.45) is 0 Å². The molecule has 0 aliphatic rings. The molecule has 2 heterocycles. The minimum absolute atomic E-state index is 0.0657. The smallest absolute Gasteiger partial charge is 0.417 e. The van der Waals surface area contributed by atoms with E-state index < -0.39 is 22.9 Å². The van der Waals surface area contributed by atoms with Crippen molar-refractivity contribution in [3.8, 4) is 17.3 Å². The van der Waals surface area contributed by atoms with Crippen LogP contribution < -0.4 is 5.56 Å². The van der Waals surface area contributed by atoms with Crippen molar-refractivity contribution in [3.05, 3.63) is 81.5 Å². The van der Waals surface area contributed by atoms with E-state index in [2.05, 4.69) is 0 Å². The molecule has 0 bridgehead atoms. The van der Waals surface area contributed by atoms with Gasteiger partial charge < -0.3 is 4.42 Å². The summed E-state index contributed by atoms with van der Waals surface area (Å²) in [6.07, 6.45) is -4.81. The molecular weight excluding hydrogens is 345 g/mol. The van der Waals surface area contributed by atoms with Gasteiger partial charge in [0.2, 0.25) is 0 Å². The van der Waals surface area contributed by atoms with Gasteiger partial charge in [0, 0.05) is 0 Å². The van der Waals surface area contributed by atoms with E-state index >= 15 is 0 Å². The van der Waals surface area contributed by atoms with Gasteiger partial charge in [0.25, 0.3) is 5.56 Å². The lowest BCUT2D eigenvalue weighted by atomic mass is 10.0. The van der Waals surface area contributed by atoms with Gasteiger partial charge in [-0.1, -0.05) is 30.3 Å². The molecule has 3 aromatic rings. The lowest BCUT2D eigenvalue weighted by Crippen LogP contribution is -2.28. The number of aromatic nitrogens is 1. The van der Waals surface area contributed by atoms with Gasteiger partial charge >= 0.3 is 6.18 Å². The number of hydrogen-bond acceptors (Lipinski definition) is 3. The highest BCUT2D eigenvalue weighted by atomic mass is 19.4. The van der Waals surface area contributed by atoms with Gasteiger partial charge in [0.1, 0.15) is 23.2 Å². The largest absolute Gasteiger partial charge is 0.464 e. The molecule has 4 nitrogen and oxygen atoms in total. The van der Waals surface area contributed by atoms with Crippen LogP contribution in [0.25, 0.3) is 11.3 Å². The van der Waals surface area contributed by atoms with Crippen LogP contribution in [0.15, 0.2) is 57.7 Å². The molecule has 0 atom stereocenters. The van der Waals surface area contributed by atoms with Gasteiger partial charge in [0.05, 0.1) is 17.8 Å². The molecule has 0 fully saturated rings. The summed E-state index contributed by atoms with van der Waals surface area (Å²) in [5, 5.41) is 9.13. The van der Waals surface area contributed by atoms with Crippen molar-refractivity contribution in [3.63, 3.8) is 0 Å². The first-order chi connectivity index (χ1) is 12.3. The van der Waals surface area contributed by atoms with Crippen molar-refractivity contribution in [2.75, 3.05) is 0 Å². The number of furan rings is 1. The second kappa shape index (κ2) is 6.56. The van der Waals surface area contributed by atoms with Crippen LogP contribution in [0.4, 0.5) is 13.2 Å². The first kappa shape index (κ1) is 17.5. The molecular formula is C19H13F3N2O2. The topological polar surface area (TPSA) is 58.9 Å². The number of nitrogens with zero attached hydrogens (tertiary/aromatic N) is 2. The van der Waals surface area contributed by atoms with E-state index in [1.807, 2.05) is 0 Å². The highest BCUT2D eigenvalue weighted by molar-refractivity contribution is 5.62. The van der Waals surface area contributed by atoms with Gasteiger partial charge in [-0.3, -0.25) is 9.36 Å². The maximum absolute atomic E-state index is 13.4. The molecule has 0 radical (unpaired) electrons. The minimum Gasteiger partial charge on any atom is -0.464 e. The summed E-state index contributed by atoms with van der Waals surface area (Å²) in [6, 6.07) is 13.8. The monoisotopic (exact) mass is 358 g/mol.